The smallest absolute Gasteiger partial charge is 0.303 e. The number of aromatic nitrogens is 4. The van der Waals surface area contributed by atoms with E-state index >= 15 is 24.0 Å². The number of unbranched alkanes of at least 4 members (excludes halogenated alkanes) is 1. The molecule has 0 spiro atoms. The quantitative estimate of drug-likeness (QED) is 0.0352. The highest BCUT2D eigenvalue weighted by Crippen LogP contribution is 2.35. The number of carbonyl (C=O) groups excluding carboxylic acids is 16. The largest absolute Gasteiger partial charge is 0.497 e. The van der Waals surface area contributed by atoms with Gasteiger partial charge in [-0.15, -0.1) is 11.8 Å². The minimum Gasteiger partial charge on any atom is -0.497 e. The van der Waals surface area contributed by atoms with Gasteiger partial charge in [-0.05, 0) is 126 Å². The number of likely N-dealkylation sites (N-methyl/N-ethyl adjacent to an activating group) is 3. The van der Waals surface area contributed by atoms with Gasteiger partial charge < -0.3 is 115 Å². The van der Waals surface area contributed by atoms with Gasteiger partial charge in [0, 0.05) is 123 Å². The fourth-order valence-corrected chi connectivity index (χ4v) is 17.0. The monoisotopic (exact) mass is 1790 g/mol. The Morgan fingerprint density at radius 2 is 1.16 bits per heavy atom. The van der Waals surface area contributed by atoms with Gasteiger partial charge in [-0.25, -0.2) is 4.98 Å². The predicted molar refractivity (Wildman–Crippen MR) is 471 cm³/mol. The van der Waals surface area contributed by atoms with E-state index in [2.05, 4.69) is 73.1 Å². The van der Waals surface area contributed by atoms with E-state index in [4.69, 9.17) is 21.9 Å². The molecule has 40 nitrogen and oxygen atoms in total. The van der Waals surface area contributed by atoms with Crippen LogP contribution in [0.15, 0.2) is 97.7 Å². The molecule has 14 atom stereocenters. The summed E-state index contributed by atoms with van der Waals surface area (Å²) < 4.78 is 5.34. The van der Waals surface area contributed by atoms with E-state index in [0.717, 1.165) is 26.5 Å². The fourth-order valence-electron chi connectivity index (χ4n) is 16.1. The average molecular weight is 1800 g/mol. The summed E-state index contributed by atoms with van der Waals surface area (Å²) in [6.07, 6.45) is 5.64. The number of amides is 15. The Bertz CT molecular complexity index is 4950. The number of nitrogens with two attached hydrogens (primary N) is 3. The summed E-state index contributed by atoms with van der Waals surface area (Å²) in [5.41, 5.74) is 20.9. The molecule has 0 bridgehead atoms. The van der Waals surface area contributed by atoms with Crippen LogP contribution in [0.2, 0.25) is 0 Å². The average Bonchev–Trinajstić information content (AvgIpc) is 1.71. The second-order valence-corrected chi connectivity index (χ2v) is 33.6. The number of imidazole rings is 1. The first-order chi connectivity index (χ1) is 61.2. The molecular weight excluding hydrogens is 1680 g/mol. The van der Waals surface area contributed by atoms with E-state index in [1.54, 1.807) is 85.2 Å². The molecular formula is C87H119N21O19S. The normalized spacial score (nSPS) is 24.9. The number of H-pyrrole nitrogens is 3. The molecule has 1 aliphatic carbocycles. The number of Topliss-reactive ketones (excluding diaryl/α,β-unsaturated/α-hetero) is 1. The van der Waals surface area contributed by atoms with Crippen molar-refractivity contribution in [3.63, 3.8) is 0 Å². The van der Waals surface area contributed by atoms with Crippen molar-refractivity contribution in [3.8, 4) is 5.75 Å². The highest BCUT2D eigenvalue weighted by atomic mass is 32.2. The van der Waals surface area contributed by atoms with Crippen molar-refractivity contribution in [3.05, 3.63) is 120 Å². The van der Waals surface area contributed by atoms with Crippen molar-refractivity contribution in [1.82, 2.24) is 92.7 Å². The third-order valence-electron chi connectivity index (χ3n) is 23.4. The summed E-state index contributed by atoms with van der Waals surface area (Å²) in [4.78, 5) is 264. The summed E-state index contributed by atoms with van der Waals surface area (Å²) >= 11 is 0.826. The Kier molecular flexibility index (Phi) is 36.9. The number of ether oxygens (including phenoxy) is 1. The summed E-state index contributed by atoms with van der Waals surface area (Å²) in [6, 6.07) is 3.66. The number of nitrogens with one attached hydrogen (secondary N) is 13. The van der Waals surface area contributed by atoms with Crippen LogP contribution in [0.4, 0.5) is 0 Å². The van der Waals surface area contributed by atoms with Crippen LogP contribution in [0.1, 0.15) is 127 Å². The number of aromatic amines is 3. The standard InChI is InChI=1S/C87H119N21O19S/c1-8-9-24-69-83(122)100-62(23-15-33-88)79(118)104-68(78(117)94-43-71(90)109)45-128-46-72(110)97-66(36-50-26-28-54(127-7)29-27-50)87(126)106(5)49(3)76(115)96-48(2)85(124)108-35-16-25-70(108)84(123)102-65(39-53-42-91-47-95-53)82(121)98-61(30-31-74(112)113)75(114)57-19-14-20-58(57)77(116)101-64(37-51-40-92-59-21-12-10-17-55(51)59)81(120)99-63(32-34-89)80(119)103-67(86(125)105(4)44-73(111)107(69)6)38-52-41-93-60-22-13-11-18-56(52)60/h10-13,17-18,21-22,26-29,40-42,47-49,57-58,61-70,92-93H,8-9,14-16,19-20,23-25,30-39,43-46,88-89H2,1-7H3,(H2,90,109)(H,91,95)(H,94,117)(H,96,115)(H,97,110)(H,98,121)(H,99,120)(H,100,122)(H,101,116)(H,102,123)(H,103,119)(H,104,118)(H,112,113)/t48-,49-,57?,58?,61-,62-,63-,64-,65-,66-,67-,68-,69-,70?/m0/s1. The lowest BCUT2D eigenvalue weighted by molar-refractivity contribution is -0.145. The molecule has 6 aromatic rings. The van der Waals surface area contributed by atoms with Gasteiger partial charge in [-0.1, -0.05) is 74.7 Å². The third-order valence-corrected chi connectivity index (χ3v) is 24.5. The first kappa shape index (κ1) is 99.0. The van der Waals surface area contributed by atoms with Gasteiger partial charge in [0.1, 0.15) is 72.2 Å². The molecule has 20 N–H and O–H groups in total. The number of rotatable bonds is 23. The van der Waals surface area contributed by atoms with Gasteiger partial charge in [0.2, 0.25) is 88.6 Å². The molecule has 9 rings (SSSR count). The zero-order valence-corrected chi connectivity index (χ0v) is 73.8. The van der Waals surface area contributed by atoms with Crippen molar-refractivity contribution in [2.45, 2.75) is 202 Å². The predicted octanol–water partition coefficient (Wildman–Crippen LogP) is -1.37. The molecule has 2 aliphatic heterocycles. The molecule has 3 aliphatic rings. The van der Waals surface area contributed by atoms with Gasteiger partial charge in [0.05, 0.1) is 38.3 Å². The summed E-state index contributed by atoms with van der Waals surface area (Å²) in [6.45, 7) is 3.07. The number of carboxylic acids is 1. The molecule has 3 aromatic carbocycles. The number of hydrogen-bond donors (Lipinski definition) is 17. The number of hydrogen-bond acceptors (Lipinski definition) is 22. The highest BCUT2D eigenvalue weighted by molar-refractivity contribution is 8.00. The Balaban J connectivity index is 1.06. The number of primary amides is 1. The van der Waals surface area contributed by atoms with Gasteiger partial charge in [0.25, 0.3) is 0 Å². The molecule has 15 amide bonds. The van der Waals surface area contributed by atoms with Crippen molar-refractivity contribution in [1.29, 1.82) is 0 Å². The van der Waals surface area contributed by atoms with Crippen LogP contribution in [-0.2, 0) is 107 Å². The van der Waals surface area contributed by atoms with Gasteiger partial charge in [-0.2, -0.15) is 0 Å². The van der Waals surface area contributed by atoms with Crippen LogP contribution in [-0.4, -0.2) is 290 Å². The molecule has 1 saturated carbocycles. The van der Waals surface area contributed by atoms with Gasteiger partial charge in [-0.3, -0.25) is 81.5 Å². The molecule has 3 unspecified atom stereocenters. The Morgan fingerprint density at radius 3 is 1.78 bits per heavy atom. The summed E-state index contributed by atoms with van der Waals surface area (Å²) in [7, 11) is 5.41. The van der Waals surface area contributed by atoms with Crippen LogP contribution in [0, 0.1) is 11.8 Å². The number of para-hydroxylation sites is 2. The first-order valence-electron chi connectivity index (χ1n) is 43.0. The van der Waals surface area contributed by atoms with Crippen molar-refractivity contribution in [2.75, 3.05) is 72.5 Å². The van der Waals surface area contributed by atoms with E-state index in [0.29, 0.717) is 62.8 Å². The number of thioether (sulfide) groups is 1. The van der Waals surface area contributed by atoms with Crippen molar-refractivity contribution in [2.24, 2.45) is 29.0 Å². The van der Waals surface area contributed by atoms with E-state index < -0.39 is 216 Å². The van der Waals surface area contributed by atoms with Crippen molar-refractivity contribution < 1.29 is 91.4 Å². The second-order valence-electron chi connectivity index (χ2n) is 32.6. The maximum Gasteiger partial charge on any atom is 0.303 e. The van der Waals surface area contributed by atoms with Crippen LogP contribution in [0.25, 0.3) is 21.8 Å². The van der Waals surface area contributed by atoms with Crippen LogP contribution < -0.4 is 75.1 Å². The summed E-state index contributed by atoms with van der Waals surface area (Å²) in [5.74, 6) is -17.4. The van der Waals surface area contributed by atoms with E-state index in [1.807, 2.05) is 6.92 Å². The molecule has 0 radical (unpaired) electrons. The minimum atomic E-state index is -1.59. The van der Waals surface area contributed by atoms with E-state index in [-0.39, 0.29) is 109 Å². The molecule has 2 saturated heterocycles. The number of nitrogens with zero attached hydrogens (tertiary/aromatic N) is 5. The van der Waals surface area contributed by atoms with E-state index in [1.165, 1.54) is 59.5 Å². The number of carboxylic acid groups (broad SMARTS) is 1. The number of aliphatic carboxylic acids is 1. The molecule has 128 heavy (non-hydrogen) atoms. The number of carbonyl (C=O) groups is 17. The highest BCUT2D eigenvalue weighted by Gasteiger charge is 2.45. The maximum absolute atomic E-state index is 15.3. The molecule has 5 heterocycles. The topological polar surface area (TPSA) is 591 Å². The Morgan fingerprint density at radius 1 is 0.570 bits per heavy atom. The lowest BCUT2D eigenvalue weighted by Gasteiger charge is -2.32. The first-order valence-corrected chi connectivity index (χ1v) is 44.2. The summed E-state index contributed by atoms with van der Waals surface area (Å²) in [5, 5.41) is 38.4. The van der Waals surface area contributed by atoms with Crippen LogP contribution in [0.5, 0.6) is 5.75 Å². The van der Waals surface area contributed by atoms with Crippen molar-refractivity contribution >= 4 is 134 Å². The SMILES string of the molecule is CCCC[C@H]1C(=O)N[C@@H](CCCN)C(=O)N[C@H](C(=O)NCC(N)=O)CSCC(=O)N[C@@H](Cc2ccc(OC)cc2)C(=O)N(C)[C@@H](C)C(=O)N[C@@H](C)C(=O)N2CCCC2C(=O)N[C@@H](Cc2cnc[nH]2)C(=O)N[C@@H](CCC(=O)O)C(=O)C2CCCC2C(=O)N[C@@H](Cc2c[nH]c3ccccc23)C(=O)N[C@@H](CCN)C(=O)N[C@@H](Cc2c[nH]c3ccccc23)C(=O)N(C)CC(=O)N1C. The lowest BCUT2D eigenvalue weighted by Crippen LogP contribution is -2.59. The zero-order valence-electron chi connectivity index (χ0n) is 73.0. The van der Waals surface area contributed by atoms with E-state index in [9.17, 15) is 62.6 Å². The number of fused-ring (bicyclic) bond motifs is 4. The fraction of sp³-hybridized carbons (Fsp3) is 0.517. The minimum absolute atomic E-state index is 0.0148. The van der Waals surface area contributed by atoms with Crippen LogP contribution in [0.3, 0.4) is 0 Å². The zero-order chi connectivity index (χ0) is 93.0. The Hall–Kier alpha value is -12.8. The molecule has 41 heteroatoms. The molecule has 692 valence electrons. The van der Waals surface area contributed by atoms with Gasteiger partial charge >= 0.3 is 5.97 Å². The molecule has 3 aromatic heterocycles. The third kappa shape index (κ3) is 27.1. The second kappa shape index (κ2) is 47.7. The molecule has 3 fully saturated rings. The number of benzene rings is 3. The maximum atomic E-state index is 15.3. The van der Waals surface area contributed by atoms with Gasteiger partial charge in [0.15, 0.2) is 5.78 Å². The van der Waals surface area contributed by atoms with Crippen LogP contribution >= 0.6 is 11.8 Å². The lowest BCUT2D eigenvalue weighted by atomic mass is 9.85. The number of ketones is 1. The Labute approximate surface area is 744 Å². The number of methoxy groups -OCH3 is 1.